The van der Waals surface area contributed by atoms with E-state index in [1.807, 2.05) is 12.1 Å². The number of nitrogens with zero attached hydrogens (tertiary/aromatic N) is 3. The molecule has 2 aromatic rings. The monoisotopic (exact) mass is 244 g/mol. The Bertz CT molecular complexity index is 565. The van der Waals surface area contributed by atoms with Crippen molar-refractivity contribution in [3.05, 3.63) is 52.8 Å². The first-order valence-corrected chi connectivity index (χ1v) is 5.99. The molecule has 0 spiro atoms. The zero-order valence-corrected chi connectivity index (χ0v) is 10.3. The topological polar surface area (TPSA) is 59.8 Å². The molecule has 0 bridgehead atoms. The number of rotatable bonds is 5. The van der Waals surface area contributed by atoms with Crippen LogP contribution in [0.5, 0.6) is 0 Å². The van der Waals surface area contributed by atoms with Gasteiger partial charge in [0.2, 0.25) is 0 Å². The number of anilines is 1. The highest BCUT2D eigenvalue weighted by atomic mass is 16.1. The van der Waals surface area contributed by atoms with E-state index < -0.39 is 0 Å². The molecule has 5 nitrogen and oxygen atoms in total. The zero-order chi connectivity index (χ0) is 12.8. The molecule has 18 heavy (non-hydrogen) atoms. The molecule has 0 aromatic carbocycles. The van der Waals surface area contributed by atoms with Gasteiger partial charge < -0.3 is 9.88 Å². The summed E-state index contributed by atoms with van der Waals surface area (Å²) in [6.07, 6.45) is 7.41. The Kier molecular flexibility index (Phi) is 4.06. The van der Waals surface area contributed by atoms with Crippen LogP contribution in [0.3, 0.4) is 0 Å². The second-order valence-electron chi connectivity index (χ2n) is 4.02. The molecule has 1 N–H and O–H groups in total. The van der Waals surface area contributed by atoms with Crippen LogP contribution in [0.4, 0.5) is 5.82 Å². The van der Waals surface area contributed by atoms with Crippen molar-refractivity contribution in [2.45, 2.75) is 19.9 Å². The van der Waals surface area contributed by atoms with Crippen LogP contribution >= 0.6 is 0 Å². The SMILES string of the molecule is CCCNc1cc(Cn2ccncc2=O)ccn1. The second-order valence-corrected chi connectivity index (χ2v) is 4.02. The van der Waals surface area contributed by atoms with Gasteiger partial charge >= 0.3 is 0 Å². The Morgan fingerprint density at radius 2 is 2.28 bits per heavy atom. The molecule has 0 saturated heterocycles. The van der Waals surface area contributed by atoms with Crippen LogP contribution in [-0.2, 0) is 6.54 Å². The first-order valence-electron chi connectivity index (χ1n) is 5.99. The average Bonchev–Trinajstić information content (AvgIpc) is 2.40. The van der Waals surface area contributed by atoms with Gasteiger partial charge in [0.25, 0.3) is 5.56 Å². The summed E-state index contributed by atoms with van der Waals surface area (Å²) >= 11 is 0. The van der Waals surface area contributed by atoms with Gasteiger partial charge in [0, 0.05) is 25.1 Å². The molecule has 2 heterocycles. The Balaban J connectivity index is 2.14. The molecular formula is C13H16N4O. The maximum Gasteiger partial charge on any atom is 0.269 e. The van der Waals surface area contributed by atoms with Crippen LogP contribution in [0.2, 0.25) is 0 Å². The lowest BCUT2D eigenvalue weighted by Gasteiger charge is -2.07. The van der Waals surface area contributed by atoms with Gasteiger partial charge in [-0.1, -0.05) is 6.92 Å². The molecule has 0 aliphatic heterocycles. The molecule has 94 valence electrons. The van der Waals surface area contributed by atoms with E-state index in [1.54, 1.807) is 23.2 Å². The third-order valence-electron chi connectivity index (χ3n) is 2.53. The average molecular weight is 244 g/mol. The third-order valence-corrected chi connectivity index (χ3v) is 2.53. The minimum Gasteiger partial charge on any atom is -0.370 e. The Hall–Kier alpha value is -2.17. The van der Waals surface area contributed by atoms with Crippen molar-refractivity contribution in [1.82, 2.24) is 14.5 Å². The highest BCUT2D eigenvalue weighted by molar-refractivity contribution is 5.37. The van der Waals surface area contributed by atoms with E-state index >= 15 is 0 Å². The molecule has 0 atom stereocenters. The molecule has 0 unspecified atom stereocenters. The molecule has 5 heteroatoms. The van der Waals surface area contributed by atoms with Crippen LogP contribution in [-0.4, -0.2) is 21.1 Å². The molecule has 0 saturated carbocycles. The molecule has 0 aliphatic rings. The largest absolute Gasteiger partial charge is 0.370 e. The van der Waals surface area contributed by atoms with Crippen LogP contribution in [0.15, 0.2) is 41.7 Å². The highest BCUT2D eigenvalue weighted by Crippen LogP contribution is 2.07. The van der Waals surface area contributed by atoms with Gasteiger partial charge in [0.15, 0.2) is 0 Å². The minimum atomic E-state index is -0.0996. The van der Waals surface area contributed by atoms with E-state index in [9.17, 15) is 4.79 Å². The van der Waals surface area contributed by atoms with Crippen LogP contribution in [0, 0.1) is 0 Å². The van der Waals surface area contributed by atoms with E-state index in [-0.39, 0.29) is 5.56 Å². The van der Waals surface area contributed by atoms with Crippen molar-refractivity contribution in [1.29, 1.82) is 0 Å². The maximum absolute atomic E-state index is 11.5. The molecular weight excluding hydrogens is 228 g/mol. The van der Waals surface area contributed by atoms with Crippen molar-refractivity contribution in [3.63, 3.8) is 0 Å². The van der Waals surface area contributed by atoms with Gasteiger partial charge in [-0.3, -0.25) is 9.78 Å². The van der Waals surface area contributed by atoms with Crippen molar-refractivity contribution < 1.29 is 0 Å². The molecule has 0 aliphatic carbocycles. The van der Waals surface area contributed by atoms with E-state index in [1.165, 1.54) is 6.20 Å². The van der Waals surface area contributed by atoms with Gasteiger partial charge in [-0.05, 0) is 24.1 Å². The first-order chi connectivity index (χ1) is 8.79. The van der Waals surface area contributed by atoms with Crippen LogP contribution in [0.1, 0.15) is 18.9 Å². The van der Waals surface area contributed by atoms with Gasteiger partial charge in [-0.2, -0.15) is 0 Å². The standard InChI is InChI=1S/C13H16N4O/c1-2-4-15-12-8-11(3-5-16-12)10-17-7-6-14-9-13(17)18/h3,5-9H,2,4,10H2,1H3,(H,15,16). The Morgan fingerprint density at radius 1 is 1.39 bits per heavy atom. The summed E-state index contributed by atoms with van der Waals surface area (Å²) < 4.78 is 1.62. The summed E-state index contributed by atoms with van der Waals surface area (Å²) in [5, 5.41) is 3.22. The van der Waals surface area contributed by atoms with Crippen LogP contribution < -0.4 is 10.9 Å². The number of hydrogen-bond donors (Lipinski definition) is 1. The summed E-state index contributed by atoms with van der Waals surface area (Å²) in [5.41, 5.74) is 0.939. The van der Waals surface area contributed by atoms with Crippen LogP contribution in [0.25, 0.3) is 0 Å². The summed E-state index contributed by atoms with van der Waals surface area (Å²) in [6, 6.07) is 3.87. The molecule has 2 rings (SSSR count). The van der Waals surface area contributed by atoms with Gasteiger partial charge in [0.05, 0.1) is 12.7 Å². The Labute approximate surface area is 106 Å². The van der Waals surface area contributed by atoms with Gasteiger partial charge in [-0.15, -0.1) is 0 Å². The third kappa shape index (κ3) is 3.16. The number of hydrogen-bond acceptors (Lipinski definition) is 4. The predicted molar refractivity (Wildman–Crippen MR) is 70.6 cm³/mol. The summed E-state index contributed by atoms with van der Waals surface area (Å²) in [5.74, 6) is 0.844. The number of pyridine rings is 1. The summed E-state index contributed by atoms with van der Waals surface area (Å²) in [4.78, 5) is 19.6. The molecule has 0 radical (unpaired) electrons. The fraction of sp³-hybridized carbons (Fsp3) is 0.308. The Morgan fingerprint density at radius 3 is 3.06 bits per heavy atom. The van der Waals surface area contributed by atoms with Crippen molar-refractivity contribution in [2.75, 3.05) is 11.9 Å². The molecule has 0 fully saturated rings. The second kappa shape index (κ2) is 5.95. The summed E-state index contributed by atoms with van der Waals surface area (Å²) in [6.45, 7) is 3.53. The zero-order valence-electron chi connectivity index (χ0n) is 10.3. The van der Waals surface area contributed by atoms with Crippen molar-refractivity contribution in [3.8, 4) is 0 Å². The predicted octanol–water partition coefficient (Wildman–Crippen LogP) is 1.51. The highest BCUT2D eigenvalue weighted by Gasteiger charge is 1.99. The molecule has 0 amide bonds. The lowest BCUT2D eigenvalue weighted by molar-refractivity contribution is 0.747. The quantitative estimate of drug-likeness (QED) is 0.866. The lowest BCUT2D eigenvalue weighted by atomic mass is 10.2. The maximum atomic E-state index is 11.5. The van der Waals surface area contributed by atoms with E-state index in [2.05, 4.69) is 22.2 Å². The van der Waals surface area contributed by atoms with Crippen molar-refractivity contribution in [2.24, 2.45) is 0 Å². The first kappa shape index (κ1) is 12.3. The van der Waals surface area contributed by atoms with Gasteiger partial charge in [-0.25, -0.2) is 4.98 Å². The van der Waals surface area contributed by atoms with E-state index in [0.29, 0.717) is 6.54 Å². The fourth-order valence-electron chi connectivity index (χ4n) is 1.62. The lowest BCUT2D eigenvalue weighted by Crippen LogP contribution is -2.19. The van der Waals surface area contributed by atoms with Crippen molar-refractivity contribution >= 4 is 5.82 Å². The smallest absolute Gasteiger partial charge is 0.269 e. The van der Waals surface area contributed by atoms with Gasteiger partial charge in [0.1, 0.15) is 5.82 Å². The normalized spacial score (nSPS) is 10.3. The fourth-order valence-corrected chi connectivity index (χ4v) is 1.62. The minimum absolute atomic E-state index is 0.0996. The van der Waals surface area contributed by atoms with E-state index in [0.717, 1.165) is 24.3 Å². The summed E-state index contributed by atoms with van der Waals surface area (Å²) in [7, 11) is 0. The number of nitrogens with one attached hydrogen (secondary N) is 1. The number of aromatic nitrogens is 3. The van der Waals surface area contributed by atoms with E-state index in [4.69, 9.17) is 0 Å². The molecule has 2 aromatic heterocycles.